The molecule has 0 aromatic carbocycles. The lowest BCUT2D eigenvalue weighted by Crippen LogP contribution is -2.18. The van der Waals surface area contributed by atoms with Crippen LogP contribution in [-0.2, 0) is 0 Å². The van der Waals surface area contributed by atoms with Crippen LogP contribution in [0.5, 0.6) is 0 Å². The highest BCUT2D eigenvalue weighted by Gasteiger charge is 2.16. The number of hydrogen-bond acceptors (Lipinski definition) is 2. The summed E-state index contributed by atoms with van der Waals surface area (Å²) in [6.07, 6.45) is 2.07. The van der Waals surface area contributed by atoms with Gasteiger partial charge in [0, 0.05) is 0 Å². The van der Waals surface area contributed by atoms with Crippen LogP contribution in [0.25, 0.3) is 0 Å². The Kier molecular flexibility index (Phi) is 3.67. The van der Waals surface area contributed by atoms with E-state index in [-0.39, 0.29) is 5.54 Å². The molecule has 0 aromatic rings. The summed E-state index contributed by atoms with van der Waals surface area (Å²) in [6, 6.07) is 0. The highest BCUT2D eigenvalue weighted by atomic mass is 32.1. The molecule has 0 fully saturated rings. The zero-order valence-electron chi connectivity index (χ0n) is 6.27. The standard InChI is InChI=1S/C7H13NS/c1-4-7(3,5-2)8-6-9/h4-5H2,1-3H3. The van der Waals surface area contributed by atoms with Crippen LogP contribution in [0, 0.1) is 0 Å². The van der Waals surface area contributed by atoms with Crippen molar-refractivity contribution in [1.82, 2.24) is 0 Å². The molecule has 0 spiro atoms. The number of thiocarbonyl (C=S) groups is 1. The van der Waals surface area contributed by atoms with Gasteiger partial charge in [0.05, 0.1) is 10.7 Å². The molecule has 0 saturated heterocycles. The van der Waals surface area contributed by atoms with Gasteiger partial charge in [0.2, 0.25) is 0 Å². The fourth-order valence-corrected chi connectivity index (χ4v) is 0.739. The van der Waals surface area contributed by atoms with Crippen molar-refractivity contribution in [3.05, 3.63) is 0 Å². The molecule has 0 radical (unpaired) electrons. The Bertz CT molecular complexity index is 121. The van der Waals surface area contributed by atoms with Crippen LogP contribution in [0.2, 0.25) is 0 Å². The minimum Gasteiger partial charge on any atom is -0.226 e. The summed E-state index contributed by atoms with van der Waals surface area (Å²) in [4.78, 5) is 4.06. The van der Waals surface area contributed by atoms with Gasteiger partial charge in [0.15, 0.2) is 0 Å². The first kappa shape index (κ1) is 8.80. The van der Waals surface area contributed by atoms with Gasteiger partial charge in [-0.2, -0.15) is 0 Å². The summed E-state index contributed by atoms with van der Waals surface area (Å²) >= 11 is 4.52. The molecule has 0 aromatic heterocycles. The monoisotopic (exact) mass is 143 g/mol. The van der Waals surface area contributed by atoms with E-state index < -0.39 is 0 Å². The van der Waals surface area contributed by atoms with Crippen molar-refractivity contribution >= 4 is 17.4 Å². The van der Waals surface area contributed by atoms with Crippen LogP contribution in [0.4, 0.5) is 0 Å². The average molecular weight is 143 g/mol. The Morgan fingerprint density at radius 3 is 2.00 bits per heavy atom. The van der Waals surface area contributed by atoms with E-state index >= 15 is 0 Å². The zero-order valence-corrected chi connectivity index (χ0v) is 7.09. The zero-order chi connectivity index (χ0) is 7.33. The molecule has 0 heterocycles. The third kappa shape index (κ3) is 2.73. The second kappa shape index (κ2) is 3.76. The summed E-state index contributed by atoms with van der Waals surface area (Å²) in [7, 11) is 0. The van der Waals surface area contributed by atoms with E-state index in [1.54, 1.807) is 0 Å². The second-order valence-corrected chi connectivity index (χ2v) is 2.59. The van der Waals surface area contributed by atoms with Crippen molar-refractivity contribution < 1.29 is 0 Å². The van der Waals surface area contributed by atoms with Gasteiger partial charge in [-0.15, -0.1) is 0 Å². The van der Waals surface area contributed by atoms with Gasteiger partial charge in [-0.3, -0.25) is 0 Å². The molecule has 0 atom stereocenters. The SMILES string of the molecule is CCC(C)(CC)N=C=S. The fourth-order valence-electron chi connectivity index (χ4n) is 0.518. The number of aliphatic imine (C=N–C) groups is 1. The van der Waals surface area contributed by atoms with E-state index in [9.17, 15) is 0 Å². The van der Waals surface area contributed by atoms with Gasteiger partial charge < -0.3 is 0 Å². The second-order valence-electron chi connectivity index (χ2n) is 2.41. The highest BCUT2D eigenvalue weighted by molar-refractivity contribution is 7.78. The lowest BCUT2D eigenvalue weighted by Gasteiger charge is -2.18. The molecule has 0 bridgehead atoms. The number of hydrogen-bond donors (Lipinski definition) is 0. The molecular formula is C7H13NS. The number of nitrogens with zero attached hydrogens (tertiary/aromatic N) is 1. The molecule has 9 heavy (non-hydrogen) atoms. The first-order valence-electron chi connectivity index (χ1n) is 3.27. The summed E-state index contributed by atoms with van der Waals surface area (Å²) in [6.45, 7) is 6.31. The predicted octanol–water partition coefficient (Wildman–Crippen LogP) is 2.67. The molecule has 0 N–H and O–H groups in total. The Balaban J connectivity index is 4.08. The maximum absolute atomic E-state index is 4.52. The van der Waals surface area contributed by atoms with Gasteiger partial charge in [-0.25, -0.2) is 4.99 Å². The summed E-state index contributed by atoms with van der Waals surface area (Å²) in [5.74, 6) is 0. The van der Waals surface area contributed by atoms with Gasteiger partial charge in [-0.1, -0.05) is 13.8 Å². The van der Waals surface area contributed by atoms with Gasteiger partial charge in [0.1, 0.15) is 0 Å². The molecular weight excluding hydrogens is 130 g/mol. The van der Waals surface area contributed by atoms with Crippen molar-refractivity contribution in [2.24, 2.45) is 4.99 Å². The fraction of sp³-hybridized carbons (Fsp3) is 0.857. The smallest absolute Gasteiger partial charge is 0.0677 e. The van der Waals surface area contributed by atoms with Crippen molar-refractivity contribution in [1.29, 1.82) is 0 Å². The minimum atomic E-state index is 0.0434. The Labute approximate surface area is 62.2 Å². The van der Waals surface area contributed by atoms with Gasteiger partial charge >= 0.3 is 0 Å². The topological polar surface area (TPSA) is 12.4 Å². The van der Waals surface area contributed by atoms with Crippen molar-refractivity contribution in [3.8, 4) is 0 Å². The first-order chi connectivity index (χ1) is 4.18. The third-order valence-electron chi connectivity index (χ3n) is 1.84. The van der Waals surface area contributed by atoms with Crippen LogP contribution in [0.1, 0.15) is 33.6 Å². The molecule has 0 aliphatic heterocycles. The van der Waals surface area contributed by atoms with Crippen molar-refractivity contribution in [2.45, 2.75) is 39.2 Å². The Morgan fingerprint density at radius 1 is 1.44 bits per heavy atom. The highest BCUT2D eigenvalue weighted by Crippen LogP contribution is 2.17. The van der Waals surface area contributed by atoms with Crippen LogP contribution < -0.4 is 0 Å². The lowest BCUT2D eigenvalue weighted by molar-refractivity contribution is 0.444. The van der Waals surface area contributed by atoms with Crippen molar-refractivity contribution in [2.75, 3.05) is 0 Å². The van der Waals surface area contributed by atoms with Crippen LogP contribution in [0.3, 0.4) is 0 Å². The van der Waals surface area contributed by atoms with E-state index in [0.29, 0.717) is 0 Å². The average Bonchev–Trinajstić information content (AvgIpc) is 1.89. The summed E-state index contributed by atoms with van der Waals surface area (Å²) in [5.41, 5.74) is 0.0434. The largest absolute Gasteiger partial charge is 0.226 e. The molecule has 0 aliphatic rings. The van der Waals surface area contributed by atoms with E-state index in [4.69, 9.17) is 0 Å². The van der Waals surface area contributed by atoms with E-state index in [0.717, 1.165) is 12.8 Å². The molecule has 52 valence electrons. The molecule has 0 saturated carbocycles. The minimum absolute atomic E-state index is 0.0434. The Morgan fingerprint density at radius 2 is 1.89 bits per heavy atom. The predicted molar refractivity (Wildman–Crippen MR) is 44.0 cm³/mol. The number of isothiocyanates is 1. The summed E-state index contributed by atoms with van der Waals surface area (Å²) < 4.78 is 0. The third-order valence-corrected chi connectivity index (χ3v) is 1.93. The summed E-state index contributed by atoms with van der Waals surface area (Å²) in [5, 5.41) is 2.42. The van der Waals surface area contributed by atoms with Crippen molar-refractivity contribution in [3.63, 3.8) is 0 Å². The molecule has 0 rings (SSSR count). The first-order valence-corrected chi connectivity index (χ1v) is 3.68. The maximum atomic E-state index is 4.52. The molecule has 0 unspecified atom stereocenters. The van der Waals surface area contributed by atoms with Crippen LogP contribution >= 0.6 is 12.2 Å². The van der Waals surface area contributed by atoms with Gasteiger partial charge in [-0.05, 0) is 32.0 Å². The van der Waals surface area contributed by atoms with E-state index in [1.807, 2.05) is 0 Å². The Hall–Kier alpha value is -0.200. The molecule has 1 nitrogen and oxygen atoms in total. The number of rotatable bonds is 3. The van der Waals surface area contributed by atoms with E-state index in [2.05, 4.69) is 43.1 Å². The quantitative estimate of drug-likeness (QED) is 0.437. The van der Waals surface area contributed by atoms with E-state index in [1.165, 1.54) is 0 Å². The van der Waals surface area contributed by atoms with Crippen LogP contribution in [-0.4, -0.2) is 10.7 Å². The normalized spacial score (nSPS) is 10.6. The molecule has 2 heteroatoms. The maximum Gasteiger partial charge on any atom is 0.0677 e. The van der Waals surface area contributed by atoms with Gasteiger partial charge in [0.25, 0.3) is 0 Å². The molecule has 0 amide bonds. The lowest BCUT2D eigenvalue weighted by atomic mass is 9.97. The van der Waals surface area contributed by atoms with Crippen LogP contribution in [0.15, 0.2) is 4.99 Å². The molecule has 0 aliphatic carbocycles.